The van der Waals surface area contributed by atoms with Gasteiger partial charge >= 0.3 is 18.0 Å². The van der Waals surface area contributed by atoms with Gasteiger partial charge in [0.1, 0.15) is 0 Å². The molecule has 8 nitrogen and oxygen atoms in total. The minimum absolute atomic E-state index is 0.0908. The lowest BCUT2D eigenvalue weighted by Crippen LogP contribution is -2.34. The second-order valence-electron chi connectivity index (χ2n) is 6.24. The molecule has 2 aromatic rings. The predicted octanol–water partition coefficient (Wildman–Crippen LogP) is 4.32. The highest BCUT2D eigenvalue weighted by Crippen LogP contribution is 2.44. The number of nitro benzene ring substituents is 1. The van der Waals surface area contributed by atoms with E-state index in [2.05, 4.69) is 4.98 Å². The van der Waals surface area contributed by atoms with Crippen LogP contribution < -0.4 is 0 Å². The average molecular weight is 462 g/mol. The zero-order valence-electron chi connectivity index (χ0n) is 15.6. The van der Waals surface area contributed by atoms with E-state index < -0.39 is 60.3 Å². The molecular formula is C15H16F6N4O4S. The van der Waals surface area contributed by atoms with Crippen LogP contribution in [0.3, 0.4) is 0 Å². The molecule has 2 rings (SSSR count). The van der Waals surface area contributed by atoms with Crippen molar-refractivity contribution < 1.29 is 39.7 Å². The number of sulfonamides is 1. The second-order valence-corrected chi connectivity index (χ2v) is 8.11. The summed E-state index contributed by atoms with van der Waals surface area (Å²) in [6, 6.07) is 0.0908. The van der Waals surface area contributed by atoms with E-state index in [0.29, 0.717) is 4.31 Å². The molecular weight excluding hydrogens is 446 g/mol. The fourth-order valence-corrected chi connectivity index (χ4v) is 4.84. The zero-order chi connectivity index (χ0) is 23.1. The van der Waals surface area contributed by atoms with E-state index in [1.165, 1.54) is 0 Å². The number of nitrogens with zero attached hydrogens (tertiary/aromatic N) is 3. The first kappa shape index (κ1) is 23.9. The number of fused-ring (bicyclic) bond motifs is 1. The van der Waals surface area contributed by atoms with Crippen LogP contribution in [0.5, 0.6) is 0 Å². The van der Waals surface area contributed by atoms with E-state index in [1.54, 1.807) is 18.8 Å². The molecule has 0 unspecified atom stereocenters. The van der Waals surface area contributed by atoms with Crippen molar-refractivity contribution in [3.63, 3.8) is 0 Å². The summed E-state index contributed by atoms with van der Waals surface area (Å²) in [4.78, 5) is 12.9. The largest absolute Gasteiger partial charge is 0.449 e. The number of aromatic amines is 1. The third kappa shape index (κ3) is 4.35. The van der Waals surface area contributed by atoms with Gasteiger partial charge in [-0.3, -0.25) is 10.1 Å². The topological polar surface area (TPSA) is 109 Å². The Balaban J connectivity index is 3.04. The number of alkyl halides is 6. The number of rotatable bonds is 7. The third-order valence-corrected chi connectivity index (χ3v) is 5.98. The SMILES string of the molecule is CCCN(CCC)S(=O)(=O)c1c(C(F)(F)F)cc2[nH]c(C(F)(F)F)nc2c1[N+](=O)[O-]. The van der Waals surface area contributed by atoms with Gasteiger partial charge in [0.25, 0.3) is 10.0 Å². The molecule has 0 bridgehead atoms. The van der Waals surface area contributed by atoms with E-state index in [9.17, 15) is 44.9 Å². The molecule has 1 aromatic heterocycles. The van der Waals surface area contributed by atoms with Crippen molar-refractivity contribution in [1.29, 1.82) is 0 Å². The van der Waals surface area contributed by atoms with Crippen molar-refractivity contribution in [3.8, 4) is 0 Å². The number of nitro groups is 1. The molecule has 1 heterocycles. The van der Waals surface area contributed by atoms with Gasteiger partial charge in [-0.25, -0.2) is 13.4 Å². The summed E-state index contributed by atoms with van der Waals surface area (Å²) in [5.41, 5.74) is -5.70. The molecule has 168 valence electrons. The van der Waals surface area contributed by atoms with Crippen LogP contribution in [0.4, 0.5) is 32.0 Å². The molecule has 30 heavy (non-hydrogen) atoms. The maximum Gasteiger partial charge on any atom is 0.449 e. The quantitative estimate of drug-likeness (QED) is 0.375. The fourth-order valence-electron chi connectivity index (χ4n) is 2.87. The summed E-state index contributed by atoms with van der Waals surface area (Å²) in [7, 11) is -5.10. The zero-order valence-corrected chi connectivity index (χ0v) is 16.4. The number of H-pyrrole nitrogens is 1. The normalized spacial score (nSPS) is 13.4. The van der Waals surface area contributed by atoms with Crippen LogP contribution in [-0.4, -0.2) is 40.7 Å². The van der Waals surface area contributed by atoms with Gasteiger partial charge in [-0.1, -0.05) is 13.8 Å². The van der Waals surface area contributed by atoms with Gasteiger partial charge in [0.05, 0.1) is 16.0 Å². The van der Waals surface area contributed by atoms with Crippen LogP contribution in [0.25, 0.3) is 11.0 Å². The average Bonchev–Trinajstić information content (AvgIpc) is 3.03. The molecule has 0 aliphatic rings. The van der Waals surface area contributed by atoms with Crippen molar-refractivity contribution in [3.05, 3.63) is 27.6 Å². The van der Waals surface area contributed by atoms with Crippen molar-refractivity contribution >= 4 is 26.7 Å². The first-order valence-corrected chi connectivity index (χ1v) is 9.95. The number of benzene rings is 1. The first-order chi connectivity index (χ1) is 13.7. The van der Waals surface area contributed by atoms with Gasteiger partial charge in [0.2, 0.25) is 5.82 Å². The van der Waals surface area contributed by atoms with E-state index in [0.717, 1.165) is 0 Å². The Morgan fingerprint density at radius 1 is 1.10 bits per heavy atom. The molecule has 0 atom stereocenters. The minimum atomic E-state index is -5.41. The van der Waals surface area contributed by atoms with E-state index in [-0.39, 0.29) is 32.0 Å². The number of nitrogens with one attached hydrogen (secondary N) is 1. The van der Waals surface area contributed by atoms with Crippen LogP contribution >= 0.6 is 0 Å². The van der Waals surface area contributed by atoms with Crippen LogP contribution in [-0.2, 0) is 22.4 Å². The van der Waals surface area contributed by atoms with Crippen LogP contribution in [0, 0.1) is 10.1 Å². The molecule has 0 spiro atoms. The Hall–Kier alpha value is -2.42. The standard InChI is InChI=1S/C15H16F6N4O4S/c1-3-5-24(6-4-2)30(28,29)12-8(14(16,17)18)7-9-10(11(12)25(26)27)23-13(22-9)15(19,20)21/h7H,3-6H2,1-2H3,(H,22,23). The maximum atomic E-state index is 13.7. The molecule has 0 radical (unpaired) electrons. The van der Waals surface area contributed by atoms with Gasteiger partial charge in [0, 0.05) is 13.1 Å². The number of hydrogen-bond acceptors (Lipinski definition) is 5. The lowest BCUT2D eigenvalue weighted by Gasteiger charge is -2.23. The van der Waals surface area contributed by atoms with Crippen molar-refractivity contribution in [2.24, 2.45) is 0 Å². The molecule has 0 saturated heterocycles. The van der Waals surface area contributed by atoms with E-state index >= 15 is 0 Å². The van der Waals surface area contributed by atoms with Crippen LogP contribution in [0.15, 0.2) is 11.0 Å². The van der Waals surface area contributed by atoms with Crippen molar-refractivity contribution in [2.75, 3.05) is 13.1 Å². The predicted molar refractivity (Wildman–Crippen MR) is 92.1 cm³/mol. The summed E-state index contributed by atoms with van der Waals surface area (Å²) in [5.74, 6) is -1.79. The Morgan fingerprint density at radius 3 is 2.03 bits per heavy atom. The summed E-state index contributed by atoms with van der Waals surface area (Å²) in [5, 5.41) is 11.6. The summed E-state index contributed by atoms with van der Waals surface area (Å²) in [6.45, 7) is 2.61. The Kier molecular flexibility index (Phi) is 6.37. The van der Waals surface area contributed by atoms with Crippen LogP contribution in [0.2, 0.25) is 0 Å². The minimum Gasteiger partial charge on any atom is -0.334 e. The van der Waals surface area contributed by atoms with Gasteiger partial charge in [-0.05, 0) is 18.9 Å². The number of halogens is 6. The Bertz CT molecular complexity index is 1060. The van der Waals surface area contributed by atoms with Gasteiger partial charge in [-0.2, -0.15) is 30.6 Å². The Labute approximate surface area is 166 Å². The molecule has 0 amide bonds. The smallest absolute Gasteiger partial charge is 0.334 e. The highest BCUT2D eigenvalue weighted by Gasteiger charge is 2.47. The lowest BCUT2D eigenvalue weighted by atomic mass is 10.1. The first-order valence-electron chi connectivity index (χ1n) is 8.51. The maximum absolute atomic E-state index is 13.7. The lowest BCUT2D eigenvalue weighted by molar-refractivity contribution is -0.386. The molecule has 0 saturated carbocycles. The summed E-state index contributed by atoms with van der Waals surface area (Å²) >= 11 is 0. The number of hydrogen-bond donors (Lipinski definition) is 1. The molecule has 1 aromatic carbocycles. The van der Waals surface area contributed by atoms with E-state index in [1.807, 2.05) is 0 Å². The van der Waals surface area contributed by atoms with Crippen LogP contribution in [0.1, 0.15) is 38.1 Å². The molecule has 1 N–H and O–H groups in total. The number of imidazole rings is 1. The molecule has 15 heteroatoms. The second kappa shape index (κ2) is 8.02. The molecule has 0 aliphatic heterocycles. The highest BCUT2D eigenvalue weighted by atomic mass is 32.2. The monoisotopic (exact) mass is 462 g/mol. The van der Waals surface area contributed by atoms with Gasteiger partial charge < -0.3 is 4.98 Å². The van der Waals surface area contributed by atoms with Crippen molar-refractivity contribution in [2.45, 2.75) is 43.9 Å². The van der Waals surface area contributed by atoms with Crippen molar-refractivity contribution in [1.82, 2.24) is 14.3 Å². The Morgan fingerprint density at radius 2 is 1.63 bits per heavy atom. The van der Waals surface area contributed by atoms with E-state index in [4.69, 9.17) is 0 Å². The van der Waals surface area contributed by atoms with Gasteiger partial charge in [-0.15, -0.1) is 0 Å². The highest BCUT2D eigenvalue weighted by molar-refractivity contribution is 7.89. The summed E-state index contributed by atoms with van der Waals surface area (Å²) < 4.78 is 106. The van der Waals surface area contributed by atoms with Gasteiger partial charge in [0.15, 0.2) is 10.4 Å². The molecule has 0 fully saturated rings. The summed E-state index contributed by atoms with van der Waals surface area (Å²) in [6.07, 6.45) is -10.2. The fraction of sp³-hybridized carbons (Fsp3) is 0.533. The third-order valence-electron chi connectivity index (χ3n) is 4.00. The number of aromatic nitrogens is 2. The molecule has 0 aliphatic carbocycles.